The minimum atomic E-state index is -0.234. The van der Waals surface area contributed by atoms with Crippen LogP contribution in [-0.4, -0.2) is 23.2 Å². The lowest BCUT2D eigenvalue weighted by molar-refractivity contribution is -0.121. The van der Waals surface area contributed by atoms with E-state index < -0.39 is 0 Å². The third kappa shape index (κ3) is 1.89. The van der Waals surface area contributed by atoms with Crippen molar-refractivity contribution in [2.24, 2.45) is 0 Å². The molecule has 2 heterocycles. The molecule has 0 aromatic carbocycles. The first kappa shape index (κ1) is 10.6. The molecule has 78 valence electrons. The van der Waals surface area contributed by atoms with Gasteiger partial charge in [-0.3, -0.25) is 14.6 Å². The van der Waals surface area contributed by atoms with E-state index in [1.165, 1.54) is 17.3 Å². The van der Waals surface area contributed by atoms with Gasteiger partial charge < -0.3 is 4.90 Å². The van der Waals surface area contributed by atoms with E-state index >= 15 is 0 Å². The number of hydrogen-bond acceptors (Lipinski definition) is 3. The van der Waals surface area contributed by atoms with Crippen molar-refractivity contribution >= 4 is 44.9 Å². The maximum absolute atomic E-state index is 11.5. The van der Waals surface area contributed by atoms with Crippen LogP contribution in [0.15, 0.2) is 16.9 Å². The third-order valence-corrected chi connectivity index (χ3v) is 3.32. The summed E-state index contributed by atoms with van der Waals surface area (Å²) in [4.78, 5) is 27.8. The van der Waals surface area contributed by atoms with Crippen molar-refractivity contribution in [2.45, 2.75) is 6.42 Å². The van der Waals surface area contributed by atoms with Gasteiger partial charge in [0.1, 0.15) is 0 Å². The highest BCUT2D eigenvalue weighted by molar-refractivity contribution is 9.10. The second-order valence-corrected chi connectivity index (χ2v) is 4.38. The Kier molecular flexibility index (Phi) is 2.75. The largest absolute Gasteiger partial charge is 0.302 e. The SMILES string of the molecule is O=C1CC(=O)N(c2cncc(Br)c2Cl)C1. The van der Waals surface area contributed by atoms with Gasteiger partial charge >= 0.3 is 0 Å². The summed E-state index contributed by atoms with van der Waals surface area (Å²) >= 11 is 9.21. The Morgan fingerprint density at radius 3 is 2.73 bits per heavy atom. The average molecular weight is 290 g/mol. The summed E-state index contributed by atoms with van der Waals surface area (Å²) in [5, 5.41) is 0.396. The number of hydrogen-bond donors (Lipinski definition) is 0. The lowest BCUT2D eigenvalue weighted by Gasteiger charge is -2.15. The van der Waals surface area contributed by atoms with Crippen molar-refractivity contribution < 1.29 is 9.59 Å². The van der Waals surface area contributed by atoms with Gasteiger partial charge in [-0.05, 0) is 15.9 Å². The molecule has 1 aliphatic heterocycles. The molecule has 2 rings (SSSR count). The van der Waals surface area contributed by atoms with E-state index in [-0.39, 0.29) is 24.7 Å². The van der Waals surface area contributed by atoms with Crippen LogP contribution in [0.5, 0.6) is 0 Å². The number of halogens is 2. The van der Waals surface area contributed by atoms with Crippen molar-refractivity contribution in [3.8, 4) is 0 Å². The molecule has 0 radical (unpaired) electrons. The standard InChI is InChI=1S/C9H6BrClN2O2/c10-6-2-12-3-7(9(6)11)13-4-5(14)1-8(13)15/h2-3H,1,4H2. The number of rotatable bonds is 1. The normalized spacial score (nSPS) is 16.3. The summed E-state index contributed by atoms with van der Waals surface area (Å²) in [7, 11) is 0. The summed E-state index contributed by atoms with van der Waals surface area (Å²) in [5.74, 6) is -0.335. The van der Waals surface area contributed by atoms with Crippen LogP contribution in [0, 0.1) is 0 Å². The molecule has 1 aliphatic rings. The van der Waals surface area contributed by atoms with Gasteiger partial charge in [0.25, 0.3) is 0 Å². The monoisotopic (exact) mass is 288 g/mol. The fraction of sp³-hybridized carbons (Fsp3) is 0.222. The third-order valence-electron chi connectivity index (χ3n) is 2.09. The number of amides is 1. The van der Waals surface area contributed by atoms with Gasteiger partial charge in [0, 0.05) is 6.20 Å². The number of nitrogens with zero attached hydrogens (tertiary/aromatic N) is 2. The zero-order valence-corrected chi connectivity index (χ0v) is 9.88. The molecule has 0 spiro atoms. The Labute approximate surface area is 99.4 Å². The molecule has 0 bridgehead atoms. The molecule has 6 heteroatoms. The molecule has 15 heavy (non-hydrogen) atoms. The van der Waals surface area contributed by atoms with E-state index in [1.807, 2.05) is 0 Å². The first-order valence-corrected chi connectivity index (χ1v) is 5.38. The van der Waals surface area contributed by atoms with Crippen molar-refractivity contribution in [3.05, 3.63) is 21.9 Å². The Hall–Kier alpha value is -0.940. The predicted molar refractivity (Wildman–Crippen MR) is 58.9 cm³/mol. The molecule has 1 aromatic rings. The molecule has 0 unspecified atom stereocenters. The van der Waals surface area contributed by atoms with Crippen LogP contribution in [0.2, 0.25) is 5.02 Å². The molecule has 1 saturated heterocycles. The van der Waals surface area contributed by atoms with Gasteiger partial charge in [0.15, 0.2) is 5.78 Å². The molecule has 0 saturated carbocycles. The molecule has 0 atom stereocenters. The van der Waals surface area contributed by atoms with E-state index in [0.717, 1.165) is 0 Å². The summed E-state index contributed by atoms with van der Waals surface area (Å²) in [5.41, 5.74) is 0.474. The minimum Gasteiger partial charge on any atom is -0.302 e. The number of pyridine rings is 1. The van der Waals surface area contributed by atoms with Crippen LogP contribution in [0.1, 0.15) is 6.42 Å². The summed E-state index contributed by atoms with van der Waals surface area (Å²) in [6.07, 6.45) is 2.96. The van der Waals surface area contributed by atoms with Crippen LogP contribution < -0.4 is 4.90 Å². The quantitative estimate of drug-likeness (QED) is 0.741. The number of Topliss-reactive ketones (excluding diaryl/α,β-unsaturated/α-hetero) is 1. The average Bonchev–Trinajstić information content (AvgIpc) is 2.50. The van der Waals surface area contributed by atoms with Gasteiger partial charge in [-0.15, -0.1) is 0 Å². The molecule has 0 aliphatic carbocycles. The highest BCUT2D eigenvalue weighted by atomic mass is 79.9. The summed E-state index contributed by atoms with van der Waals surface area (Å²) < 4.78 is 0.605. The lowest BCUT2D eigenvalue weighted by atomic mass is 10.3. The Morgan fingerprint density at radius 1 is 1.40 bits per heavy atom. The zero-order chi connectivity index (χ0) is 11.0. The highest BCUT2D eigenvalue weighted by Gasteiger charge is 2.30. The number of aromatic nitrogens is 1. The zero-order valence-electron chi connectivity index (χ0n) is 7.54. The summed E-state index contributed by atoms with van der Waals surface area (Å²) in [6, 6.07) is 0. The van der Waals surface area contributed by atoms with E-state index in [1.54, 1.807) is 0 Å². The molecular weight excluding hydrogens is 283 g/mol. The van der Waals surface area contributed by atoms with Gasteiger partial charge in [0.05, 0.1) is 34.3 Å². The van der Waals surface area contributed by atoms with Crippen LogP contribution >= 0.6 is 27.5 Å². The van der Waals surface area contributed by atoms with Gasteiger partial charge in [-0.1, -0.05) is 11.6 Å². The molecule has 1 amide bonds. The lowest BCUT2D eigenvalue weighted by Crippen LogP contribution is -2.25. The van der Waals surface area contributed by atoms with Crippen molar-refractivity contribution in [2.75, 3.05) is 11.4 Å². The smallest absolute Gasteiger partial charge is 0.235 e. The van der Waals surface area contributed by atoms with Crippen LogP contribution in [0.3, 0.4) is 0 Å². The maximum atomic E-state index is 11.5. The number of anilines is 1. The van der Waals surface area contributed by atoms with Crippen LogP contribution in [-0.2, 0) is 9.59 Å². The highest BCUT2D eigenvalue weighted by Crippen LogP contribution is 2.33. The Balaban J connectivity index is 2.42. The first-order valence-electron chi connectivity index (χ1n) is 4.20. The molecule has 4 nitrogen and oxygen atoms in total. The molecule has 0 N–H and O–H groups in total. The number of carbonyl (C=O) groups is 2. The van der Waals surface area contributed by atoms with Gasteiger partial charge in [-0.2, -0.15) is 0 Å². The van der Waals surface area contributed by atoms with E-state index in [2.05, 4.69) is 20.9 Å². The molecular formula is C9H6BrClN2O2. The maximum Gasteiger partial charge on any atom is 0.235 e. The van der Waals surface area contributed by atoms with Crippen LogP contribution in [0.25, 0.3) is 0 Å². The molecule has 1 fully saturated rings. The first-order chi connectivity index (χ1) is 7.09. The fourth-order valence-corrected chi connectivity index (χ4v) is 1.92. The van der Waals surface area contributed by atoms with Gasteiger partial charge in [0.2, 0.25) is 5.91 Å². The molecule has 1 aromatic heterocycles. The van der Waals surface area contributed by atoms with E-state index in [0.29, 0.717) is 15.2 Å². The topological polar surface area (TPSA) is 50.3 Å². The van der Waals surface area contributed by atoms with Crippen molar-refractivity contribution in [1.29, 1.82) is 0 Å². The summed E-state index contributed by atoms with van der Waals surface area (Å²) in [6.45, 7) is 0.0800. The fourth-order valence-electron chi connectivity index (χ4n) is 1.40. The van der Waals surface area contributed by atoms with E-state index in [4.69, 9.17) is 11.6 Å². The predicted octanol–water partition coefficient (Wildman–Crippen LogP) is 1.80. The Bertz CT molecular complexity index is 450. The second kappa shape index (κ2) is 3.90. The van der Waals surface area contributed by atoms with Crippen LogP contribution in [0.4, 0.5) is 5.69 Å². The minimum absolute atomic E-state index is 0.0527. The second-order valence-electron chi connectivity index (χ2n) is 3.15. The Morgan fingerprint density at radius 2 is 2.13 bits per heavy atom. The number of ketones is 1. The van der Waals surface area contributed by atoms with Crippen molar-refractivity contribution in [3.63, 3.8) is 0 Å². The van der Waals surface area contributed by atoms with Crippen molar-refractivity contribution in [1.82, 2.24) is 4.98 Å². The van der Waals surface area contributed by atoms with Gasteiger partial charge in [-0.25, -0.2) is 0 Å². The number of carbonyl (C=O) groups excluding carboxylic acids is 2. The van der Waals surface area contributed by atoms with E-state index in [9.17, 15) is 9.59 Å².